The Morgan fingerprint density at radius 3 is 2.77 bits per heavy atom. The summed E-state index contributed by atoms with van der Waals surface area (Å²) in [5, 5.41) is 6.82. The number of rotatable bonds is 5. The van der Waals surface area contributed by atoms with Crippen LogP contribution in [0.2, 0.25) is 0 Å². The quantitative estimate of drug-likeness (QED) is 0.412. The normalized spacial score (nSPS) is 11.4. The molecule has 6 nitrogen and oxygen atoms in total. The smallest absolute Gasteiger partial charge is 0.264 e. The van der Waals surface area contributed by atoms with Crippen LogP contribution in [0.25, 0.3) is 22.5 Å². The van der Waals surface area contributed by atoms with E-state index in [1.165, 1.54) is 29.1 Å². The van der Waals surface area contributed by atoms with Crippen molar-refractivity contribution in [2.75, 3.05) is 5.32 Å². The predicted molar refractivity (Wildman–Crippen MR) is 108 cm³/mol. The first-order valence-electron chi connectivity index (χ1n) is 8.78. The SMILES string of the molecule is Cc1nn(CC(=O)Nc2ccc(Br)cc2F)c2nc(-c3ccco3)cc(C(F)F)c12. The minimum Gasteiger partial charge on any atom is -0.463 e. The molecule has 0 bridgehead atoms. The van der Waals surface area contributed by atoms with Crippen LogP contribution in [-0.4, -0.2) is 20.7 Å². The van der Waals surface area contributed by atoms with Gasteiger partial charge < -0.3 is 9.73 Å². The number of halogens is 4. The molecule has 0 aliphatic heterocycles. The fourth-order valence-electron chi connectivity index (χ4n) is 3.14. The van der Waals surface area contributed by atoms with Crippen molar-refractivity contribution in [2.45, 2.75) is 19.9 Å². The van der Waals surface area contributed by atoms with Gasteiger partial charge in [0.2, 0.25) is 5.91 Å². The fraction of sp³-hybridized carbons (Fsp3) is 0.150. The van der Waals surface area contributed by atoms with E-state index in [-0.39, 0.29) is 34.5 Å². The van der Waals surface area contributed by atoms with Crippen LogP contribution in [0.15, 0.2) is 51.6 Å². The Morgan fingerprint density at radius 2 is 2.10 bits per heavy atom. The maximum Gasteiger partial charge on any atom is 0.264 e. The summed E-state index contributed by atoms with van der Waals surface area (Å²) in [6.07, 6.45) is -1.36. The highest BCUT2D eigenvalue weighted by Gasteiger charge is 2.22. The molecular weight excluding hydrogens is 465 g/mol. The van der Waals surface area contributed by atoms with Gasteiger partial charge in [0.05, 0.1) is 23.0 Å². The molecule has 3 aromatic heterocycles. The number of fused-ring (bicyclic) bond motifs is 1. The number of aromatic nitrogens is 3. The van der Waals surface area contributed by atoms with Gasteiger partial charge in [0.15, 0.2) is 11.4 Å². The van der Waals surface area contributed by atoms with E-state index in [4.69, 9.17) is 4.42 Å². The second-order valence-corrected chi connectivity index (χ2v) is 7.40. The average molecular weight is 479 g/mol. The van der Waals surface area contributed by atoms with Crippen molar-refractivity contribution in [1.29, 1.82) is 0 Å². The van der Waals surface area contributed by atoms with E-state index < -0.39 is 18.1 Å². The zero-order valence-electron chi connectivity index (χ0n) is 15.5. The van der Waals surface area contributed by atoms with Gasteiger partial charge in [-0.15, -0.1) is 0 Å². The maximum absolute atomic E-state index is 14.0. The molecule has 0 fully saturated rings. The number of carbonyl (C=O) groups is 1. The van der Waals surface area contributed by atoms with Crippen molar-refractivity contribution in [3.8, 4) is 11.5 Å². The van der Waals surface area contributed by atoms with Crippen LogP contribution in [-0.2, 0) is 11.3 Å². The molecule has 0 unspecified atom stereocenters. The van der Waals surface area contributed by atoms with Gasteiger partial charge in [0.1, 0.15) is 18.1 Å². The summed E-state index contributed by atoms with van der Waals surface area (Å²) in [5.74, 6) is -0.882. The van der Waals surface area contributed by atoms with Gasteiger partial charge in [-0.1, -0.05) is 15.9 Å². The largest absolute Gasteiger partial charge is 0.463 e. The van der Waals surface area contributed by atoms with Crippen LogP contribution in [0, 0.1) is 12.7 Å². The Morgan fingerprint density at radius 1 is 1.30 bits per heavy atom. The Balaban J connectivity index is 1.72. The van der Waals surface area contributed by atoms with E-state index in [9.17, 15) is 18.0 Å². The topological polar surface area (TPSA) is 73.0 Å². The molecule has 0 spiro atoms. The summed E-state index contributed by atoms with van der Waals surface area (Å²) in [4.78, 5) is 16.8. The first-order chi connectivity index (χ1) is 14.3. The molecule has 4 rings (SSSR count). The van der Waals surface area contributed by atoms with Crippen molar-refractivity contribution in [3.05, 3.63) is 64.2 Å². The molecule has 1 aromatic carbocycles. The standard InChI is InChI=1S/C20H14BrF3N4O2/c1-10-18-12(19(23)24)8-15(16-3-2-6-30-16)26-20(18)28(27-10)9-17(29)25-14-5-4-11(21)7-13(14)22/h2-8,19H,9H2,1H3,(H,25,29). The maximum atomic E-state index is 14.0. The molecule has 154 valence electrons. The number of hydrogen-bond donors (Lipinski definition) is 1. The van der Waals surface area contributed by atoms with Crippen molar-refractivity contribution >= 4 is 38.6 Å². The van der Waals surface area contributed by atoms with Gasteiger partial charge in [0, 0.05) is 10.0 Å². The first-order valence-corrected chi connectivity index (χ1v) is 9.57. The fourth-order valence-corrected chi connectivity index (χ4v) is 3.47. The summed E-state index contributed by atoms with van der Waals surface area (Å²) in [6, 6.07) is 8.67. The molecule has 0 saturated carbocycles. The van der Waals surface area contributed by atoms with E-state index in [1.807, 2.05) is 0 Å². The molecule has 4 aromatic rings. The molecule has 0 saturated heterocycles. The summed E-state index contributed by atoms with van der Waals surface area (Å²) in [7, 11) is 0. The summed E-state index contributed by atoms with van der Waals surface area (Å²) in [5.41, 5.74) is 0.358. The van der Waals surface area contributed by atoms with E-state index in [1.54, 1.807) is 25.1 Å². The monoisotopic (exact) mass is 478 g/mol. The highest BCUT2D eigenvalue weighted by molar-refractivity contribution is 9.10. The van der Waals surface area contributed by atoms with Crippen LogP contribution in [0.1, 0.15) is 17.7 Å². The Bertz CT molecular complexity index is 1240. The third kappa shape index (κ3) is 3.82. The highest BCUT2D eigenvalue weighted by atomic mass is 79.9. The highest BCUT2D eigenvalue weighted by Crippen LogP contribution is 2.33. The second-order valence-electron chi connectivity index (χ2n) is 6.49. The number of nitrogens with one attached hydrogen (secondary N) is 1. The molecule has 0 aliphatic carbocycles. The number of anilines is 1. The lowest BCUT2D eigenvalue weighted by Gasteiger charge is -2.09. The van der Waals surface area contributed by atoms with Crippen LogP contribution in [0.3, 0.4) is 0 Å². The summed E-state index contributed by atoms with van der Waals surface area (Å²) >= 11 is 3.14. The average Bonchev–Trinajstić information content (AvgIpc) is 3.32. The van der Waals surface area contributed by atoms with Crippen molar-refractivity contribution < 1.29 is 22.4 Å². The third-order valence-corrected chi connectivity index (χ3v) is 4.91. The number of alkyl halides is 2. The number of amides is 1. The molecule has 1 N–H and O–H groups in total. The van der Waals surface area contributed by atoms with Crippen molar-refractivity contribution in [1.82, 2.24) is 14.8 Å². The Labute approximate surface area is 176 Å². The lowest BCUT2D eigenvalue weighted by molar-refractivity contribution is -0.116. The Kier molecular flexibility index (Phi) is 5.33. The van der Waals surface area contributed by atoms with Crippen LogP contribution >= 0.6 is 15.9 Å². The van der Waals surface area contributed by atoms with Crippen molar-refractivity contribution in [2.24, 2.45) is 0 Å². The lowest BCUT2D eigenvalue weighted by Crippen LogP contribution is -2.20. The predicted octanol–water partition coefficient (Wildman–Crippen LogP) is 5.48. The van der Waals surface area contributed by atoms with Gasteiger partial charge >= 0.3 is 0 Å². The molecule has 3 heterocycles. The van der Waals surface area contributed by atoms with Gasteiger partial charge in [0.25, 0.3) is 6.43 Å². The number of benzene rings is 1. The zero-order chi connectivity index (χ0) is 21.4. The van der Waals surface area contributed by atoms with E-state index in [2.05, 4.69) is 31.3 Å². The number of nitrogens with zero attached hydrogens (tertiary/aromatic N) is 3. The Hall–Kier alpha value is -3.14. The molecule has 10 heteroatoms. The molecule has 0 radical (unpaired) electrons. The van der Waals surface area contributed by atoms with Crippen LogP contribution in [0.4, 0.5) is 18.9 Å². The summed E-state index contributed by atoms with van der Waals surface area (Å²) in [6.45, 7) is 1.22. The molecule has 0 aliphatic rings. The number of hydrogen-bond acceptors (Lipinski definition) is 4. The van der Waals surface area contributed by atoms with E-state index in [0.717, 1.165) is 0 Å². The number of carbonyl (C=O) groups excluding carboxylic acids is 1. The minimum absolute atomic E-state index is 0.00566. The van der Waals surface area contributed by atoms with Crippen molar-refractivity contribution in [3.63, 3.8) is 0 Å². The van der Waals surface area contributed by atoms with E-state index >= 15 is 0 Å². The van der Waals surface area contributed by atoms with E-state index in [0.29, 0.717) is 15.9 Å². The molecule has 0 atom stereocenters. The number of aryl methyl sites for hydroxylation is 1. The second kappa shape index (κ2) is 7.94. The number of furan rings is 1. The zero-order valence-corrected chi connectivity index (χ0v) is 17.1. The van der Waals surface area contributed by atoms with Gasteiger partial charge in [-0.2, -0.15) is 5.10 Å². The molecule has 30 heavy (non-hydrogen) atoms. The van der Waals surface area contributed by atoms with Crippen LogP contribution in [0.5, 0.6) is 0 Å². The molecular formula is C20H14BrF3N4O2. The first kappa shape index (κ1) is 20.1. The van der Waals surface area contributed by atoms with Gasteiger partial charge in [-0.3, -0.25) is 4.79 Å². The third-order valence-electron chi connectivity index (χ3n) is 4.42. The summed E-state index contributed by atoms with van der Waals surface area (Å²) < 4.78 is 48.4. The number of pyridine rings is 1. The van der Waals surface area contributed by atoms with Gasteiger partial charge in [-0.05, 0) is 43.3 Å². The molecule has 1 amide bonds. The lowest BCUT2D eigenvalue weighted by atomic mass is 10.1. The minimum atomic E-state index is -2.77. The van der Waals surface area contributed by atoms with Crippen LogP contribution < -0.4 is 5.32 Å². The van der Waals surface area contributed by atoms with Gasteiger partial charge in [-0.25, -0.2) is 22.8 Å².